The van der Waals surface area contributed by atoms with Crippen LogP contribution in [0.1, 0.15) is 31.7 Å². The molecule has 142 valence electrons. The average Bonchev–Trinajstić information content (AvgIpc) is 2.63. The molecule has 0 spiro atoms. The van der Waals surface area contributed by atoms with Gasteiger partial charge >= 0.3 is 0 Å². The molecule has 0 bridgehead atoms. The number of benzene rings is 1. The number of methoxy groups -OCH3 is 1. The minimum atomic E-state index is 0.723. The fourth-order valence-corrected chi connectivity index (χ4v) is 3.63. The molecule has 1 aromatic rings. The van der Waals surface area contributed by atoms with E-state index < -0.39 is 0 Å². The Bertz CT molecular complexity index is 508. The van der Waals surface area contributed by atoms with Gasteiger partial charge in [-0.15, -0.1) is 0 Å². The van der Waals surface area contributed by atoms with Gasteiger partial charge in [-0.2, -0.15) is 0 Å². The molecule has 1 saturated heterocycles. The fraction of sp³-hybridized carbons (Fsp3) is 0.684. The minimum Gasteiger partial charge on any atom is -0.493 e. The Morgan fingerprint density at radius 1 is 1.24 bits per heavy atom. The normalized spacial score (nSPS) is 15.3. The zero-order valence-corrected chi connectivity index (χ0v) is 17.2. The summed E-state index contributed by atoms with van der Waals surface area (Å²) >= 11 is 3.63. The molecule has 1 fully saturated rings. The molecule has 0 atom stereocenters. The Labute approximate surface area is 160 Å². The standard InChI is InChI=1S/C19H31BrN2O3/c1-3-4-10-25-19-17(20)13-16(14-18(19)23-2)15-21-6-5-7-22-8-11-24-12-9-22/h13-14,21H,3-12,15H2,1-2H3/p+2. The third-order valence-electron chi connectivity index (χ3n) is 4.55. The molecule has 0 aromatic heterocycles. The monoisotopic (exact) mass is 416 g/mol. The Morgan fingerprint density at radius 3 is 2.76 bits per heavy atom. The number of ether oxygens (including phenoxy) is 3. The van der Waals surface area contributed by atoms with Crippen molar-refractivity contribution in [2.75, 3.05) is 53.1 Å². The largest absolute Gasteiger partial charge is 0.493 e. The lowest BCUT2D eigenvalue weighted by atomic mass is 10.2. The van der Waals surface area contributed by atoms with Gasteiger partial charge in [0.1, 0.15) is 19.6 Å². The number of halogens is 1. The maximum absolute atomic E-state index is 5.87. The Hall–Kier alpha value is -0.820. The summed E-state index contributed by atoms with van der Waals surface area (Å²) in [4.78, 5) is 1.68. The molecule has 3 N–H and O–H groups in total. The number of hydrogen-bond acceptors (Lipinski definition) is 3. The van der Waals surface area contributed by atoms with Crippen LogP contribution in [0.3, 0.4) is 0 Å². The number of rotatable bonds is 11. The van der Waals surface area contributed by atoms with Crippen molar-refractivity contribution >= 4 is 15.9 Å². The smallest absolute Gasteiger partial charge is 0.175 e. The van der Waals surface area contributed by atoms with Crippen molar-refractivity contribution in [2.24, 2.45) is 0 Å². The van der Waals surface area contributed by atoms with E-state index in [1.54, 1.807) is 12.0 Å². The highest BCUT2D eigenvalue weighted by atomic mass is 79.9. The minimum absolute atomic E-state index is 0.723. The van der Waals surface area contributed by atoms with E-state index in [9.17, 15) is 0 Å². The first-order chi connectivity index (χ1) is 12.2. The van der Waals surface area contributed by atoms with Crippen molar-refractivity contribution in [1.82, 2.24) is 0 Å². The van der Waals surface area contributed by atoms with Gasteiger partial charge < -0.3 is 24.4 Å². The van der Waals surface area contributed by atoms with Crippen LogP contribution in [0.25, 0.3) is 0 Å². The number of nitrogens with two attached hydrogens (primary N) is 1. The van der Waals surface area contributed by atoms with E-state index in [1.807, 2.05) is 0 Å². The predicted octanol–water partition coefficient (Wildman–Crippen LogP) is 1.01. The molecule has 0 radical (unpaired) electrons. The second-order valence-corrected chi connectivity index (χ2v) is 7.41. The summed E-state index contributed by atoms with van der Waals surface area (Å²) in [7, 11) is 1.70. The van der Waals surface area contributed by atoms with Crippen LogP contribution in [0, 0.1) is 0 Å². The van der Waals surface area contributed by atoms with Crippen molar-refractivity contribution < 1.29 is 24.4 Å². The van der Waals surface area contributed by atoms with Gasteiger partial charge in [-0.3, -0.25) is 0 Å². The maximum atomic E-state index is 5.87. The molecule has 0 unspecified atom stereocenters. The molecule has 1 aromatic carbocycles. The summed E-state index contributed by atoms with van der Waals surface area (Å²) in [5.74, 6) is 1.63. The van der Waals surface area contributed by atoms with E-state index in [-0.39, 0.29) is 0 Å². The van der Waals surface area contributed by atoms with E-state index in [2.05, 4.69) is 40.3 Å². The molecule has 1 aliphatic rings. The Morgan fingerprint density at radius 2 is 2.04 bits per heavy atom. The second-order valence-electron chi connectivity index (χ2n) is 6.56. The van der Waals surface area contributed by atoms with Crippen LogP contribution >= 0.6 is 15.9 Å². The molecule has 2 rings (SSSR count). The van der Waals surface area contributed by atoms with Crippen LogP contribution in [0.4, 0.5) is 0 Å². The molecule has 1 heterocycles. The summed E-state index contributed by atoms with van der Waals surface area (Å²) in [5.41, 5.74) is 1.25. The van der Waals surface area contributed by atoms with E-state index in [4.69, 9.17) is 14.2 Å². The zero-order chi connectivity index (χ0) is 17.9. The maximum Gasteiger partial charge on any atom is 0.175 e. The van der Waals surface area contributed by atoms with Gasteiger partial charge in [0.15, 0.2) is 11.5 Å². The van der Waals surface area contributed by atoms with Crippen LogP contribution in [0.2, 0.25) is 0 Å². The highest BCUT2D eigenvalue weighted by Gasteiger charge is 2.14. The first-order valence-corrected chi connectivity index (χ1v) is 10.3. The summed E-state index contributed by atoms with van der Waals surface area (Å²) in [6.45, 7) is 10.4. The summed E-state index contributed by atoms with van der Waals surface area (Å²) in [5, 5.41) is 2.37. The molecular weight excluding hydrogens is 384 g/mol. The van der Waals surface area contributed by atoms with Crippen molar-refractivity contribution in [2.45, 2.75) is 32.7 Å². The first kappa shape index (κ1) is 20.5. The number of hydrogen-bond donors (Lipinski definition) is 2. The van der Waals surface area contributed by atoms with Gasteiger partial charge in [-0.05, 0) is 34.5 Å². The average molecular weight is 417 g/mol. The molecule has 0 aliphatic carbocycles. The van der Waals surface area contributed by atoms with Crippen LogP contribution < -0.4 is 19.7 Å². The Balaban J connectivity index is 1.76. The van der Waals surface area contributed by atoms with Crippen molar-refractivity contribution in [3.8, 4) is 11.5 Å². The van der Waals surface area contributed by atoms with Crippen LogP contribution in [-0.2, 0) is 11.3 Å². The summed E-state index contributed by atoms with van der Waals surface area (Å²) in [6.07, 6.45) is 3.42. The molecule has 25 heavy (non-hydrogen) atoms. The van der Waals surface area contributed by atoms with Gasteiger partial charge in [-0.25, -0.2) is 0 Å². The number of quaternary nitrogens is 2. The lowest BCUT2D eigenvalue weighted by molar-refractivity contribution is -0.909. The highest BCUT2D eigenvalue weighted by Crippen LogP contribution is 2.36. The molecular formula is C19H33BrN2O3+2. The topological polar surface area (TPSA) is 48.7 Å². The molecule has 6 heteroatoms. The molecule has 1 aliphatic heterocycles. The van der Waals surface area contributed by atoms with Crippen LogP contribution in [-0.4, -0.2) is 53.1 Å². The third kappa shape index (κ3) is 7.13. The van der Waals surface area contributed by atoms with Gasteiger partial charge in [0.05, 0.1) is 44.5 Å². The predicted molar refractivity (Wildman–Crippen MR) is 103 cm³/mol. The third-order valence-corrected chi connectivity index (χ3v) is 5.14. The first-order valence-electron chi connectivity index (χ1n) is 9.46. The van der Waals surface area contributed by atoms with E-state index in [0.29, 0.717) is 0 Å². The second kappa shape index (κ2) is 11.7. The van der Waals surface area contributed by atoms with E-state index >= 15 is 0 Å². The molecule has 5 nitrogen and oxygen atoms in total. The Kier molecular flexibility index (Phi) is 9.61. The molecule has 0 amide bonds. The van der Waals surface area contributed by atoms with Crippen molar-refractivity contribution in [1.29, 1.82) is 0 Å². The lowest BCUT2D eigenvalue weighted by Gasteiger charge is -2.23. The number of morpholine rings is 1. The zero-order valence-electron chi connectivity index (χ0n) is 15.6. The van der Waals surface area contributed by atoms with Gasteiger partial charge in [0, 0.05) is 12.0 Å². The van der Waals surface area contributed by atoms with Gasteiger partial charge in [0.2, 0.25) is 0 Å². The number of unbranched alkanes of at least 4 members (excludes halogenated alkanes) is 1. The quantitative estimate of drug-likeness (QED) is 0.529. The van der Waals surface area contributed by atoms with Gasteiger partial charge in [0.25, 0.3) is 0 Å². The fourth-order valence-electron chi connectivity index (χ4n) is 3.02. The summed E-state index contributed by atoms with van der Waals surface area (Å²) < 4.78 is 17.8. The van der Waals surface area contributed by atoms with Gasteiger partial charge in [-0.1, -0.05) is 13.3 Å². The van der Waals surface area contributed by atoms with Crippen LogP contribution in [0.15, 0.2) is 16.6 Å². The van der Waals surface area contributed by atoms with E-state index in [0.717, 1.165) is 74.8 Å². The van der Waals surface area contributed by atoms with Crippen molar-refractivity contribution in [3.05, 3.63) is 22.2 Å². The van der Waals surface area contributed by atoms with E-state index in [1.165, 1.54) is 18.5 Å². The highest BCUT2D eigenvalue weighted by molar-refractivity contribution is 9.10. The SMILES string of the molecule is CCCCOc1c(Br)cc(C[NH2+]CCC[NH+]2CCOCC2)cc1OC. The van der Waals surface area contributed by atoms with Crippen LogP contribution in [0.5, 0.6) is 11.5 Å². The number of nitrogens with one attached hydrogen (secondary N) is 1. The molecule has 0 saturated carbocycles. The van der Waals surface area contributed by atoms with Crippen molar-refractivity contribution in [3.63, 3.8) is 0 Å². The lowest BCUT2D eigenvalue weighted by Crippen LogP contribution is -3.14. The summed E-state index contributed by atoms with van der Waals surface area (Å²) in [6, 6.07) is 4.24.